The molecule has 2 aromatic rings. The standard InChI is InChI=1S/C17H18O3S2/c1-3-22(19,20)17(16(18)14-10-6-4-7-11-14)21(2)15-12-8-5-9-13-15/h4-13H,3H2,1-2H3. The molecule has 3 nitrogen and oxygen atoms in total. The zero-order chi connectivity index (χ0) is 16.2. The van der Waals surface area contributed by atoms with Gasteiger partial charge in [-0.2, -0.15) is 0 Å². The smallest absolute Gasteiger partial charge is 0.210 e. The highest BCUT2D eigenvalue weighted by Crippen LogP contribution is 2.28. The molecule has 0 aromatic heterocycles. The average Bonchev–Trinajstić information content (AvgIpc) is 2.56. The molecule has 1 unspecified atom stereocenters. The molecule has 0 radical (unpaired) electrons. The first-order valence-corrected chi connectivity index (χ1v) is 10.2. The molecule has 0 aliphatic carbocycles. The summed E-state index contributed by atoms with van der Waals surface area (Å²) in [5.74, 6) is -0.484. The number of benzene rings is 2. The van der Waals surface area contributed by atoms with Crippen LogP contribution in [0.5, 0.6) is 0 Å². The fourth-order valence-electron chi connectivity index (χ4n) is 2.04. The molecule has 0 saturated carbocycles. The van der Waals surface area contributed by atoms with Gasteiger partial charge in [-0.25, -0.2) is 8.42 Å². The van der Waals surface area contributed by atoms with Gasteiger partial charge in [-0.1, -0.05) is 55.5 Å². The first-order valence-electron chi connectivity index (χ1n) is 6.88. The highest BCUT2D eigenvalue weighted by Gasteiger charge is 2.27. The van der Waals surface area contributed by atoms with E-state index in [1.165, 1.54) is 0 Å². The summed E-state index contributed by atoms with van der Waals surface area (Å²) >= 11 is 0. The number of carbonyl (C=O) groups is 1. The number of sulfone groups is 1. The molecule has 0 saturated heterocycles. The Hall–Kier alpha value is -1.72. The van der Waals surface area contributed by atoms with Crippen LogP contribution in [0.2, 0.25) is 0 Å². The van der Waals surface area contributed by atoms with Crippen LogP contribution in [0.4, 0.5) is 0 Å². The topological polar surface area (TPSA) is 51.2 Å². The molecule has 116 valence electrons. The Morgan fingerprint density at radius 2 is 1.45 bits per heavy atom. The predicted molar refractivity (Wildman–Crippen MR) is 93.5 cm³/mol. The summed E-state index contributed by atoms with van der Waals surface area (Å²) in [6, 6.07) is 17.8. The van der Waals surface area contributed by atoms with Gasteiger partial charge in [0.05, 0.1) is 5.75 Å². The molecule has 0 amide bonds. The van der Waals surface area contributed by atoms with E-state index in [1.54, 1.807) is 43.5 Å². The van der Waals surface area contributed by atoms with Crippen molar-refractivity contribution in [1.29, 1.82) is 0 Å². The van der Waals surface area contributed by atoms with Crippen LogP contribution in [-0.2, 0) is 9.84 Å². The van der Waals surface area contributed by atoms with E-state index >= 15 is 0 Å². The lowest BCUT2D eigenvalue weighted by molar-refractivity contribution is 0.107. The molecule has 0 fully saturated rings. The predicted octanol–water partition coefficient (Wildman–Crippen LogP) is 3.39. The van der Waals surface area contributed by atoms with Gasteiger partial charge >= 0.3 is 0 Å². The Labute approximate surface area is 133 Å². The van der Waals surface area contributed by atoms with Gasteiger partial charge in [-0.05, 0) is 18.4 Å². The van der Waals surface area contributed by atoms with Crippen LogP contribution in [0, 0.1) is 0 Å². The Morgan fingerprint density at radius 1 is 0.955 bits per heavy atom. The maximum atomic E-state index is 12.8. The van der Waals surface area contributed by atoms with E-state index in [9.17, 15) is 13.2 Å². The third-order valence-electron chi connectivity index (χ3n) is 3.26. The molecule has 0 spiro atoms. The monoisotopic (exact) mass is 334 g/mol. The Morgan fingerprint density at radius 3 is 1.95 bits per heavy atom. The maximum absolute atomic E-state index is 12.8. The summed E-state index contributed by atoms with van der Waals surface area (Å²) in [4.78, 5) is 13.6. The third-order valence-corrected chi connectivity index (χ3v) is 8.00. The summed E-state index contributed by atoms with van der Waals surface area (Å²) in [5, 5.41) is 0. The molecule has 2 rings (SSSR count). The Balaban J connectivity index is 2.66. The van der Waals surface area contributed by atoms with Gasteiger partial charge in [-0.15, -0.1) is 10.5 Å². The van der Waals surface area contributed by atoms with Gasteiger partial charge in [0, 0.05) is 10.5 Å². The lowest BCUT2D eigenvalue weighted by Gasteiger charge is -2.12. The SMILES string of the molecule is CCS(=O)(=O)/C(C(=O)c1ccccc1)=S(/C)c1ccccc1. The number of carbonyl (C=O) groups excluding carboxylic acids is 1. The van der Waals surface area contributed by atoms with Crippen LogP contribution in [0.1, 0.15) is 17.3 Å². The largest absolute Gasteiger partial charge is 0.287 e. The number of Topliss-reactive ketones (excluding diaryl/α,β-unsaturated/α-hetero) is 1. The van der Waals surface area contributed by atoms with Crippen molar-refractivity contribution in [2.45, 2.75) is 11.8 Å². The number of hydrogen-bond donors (Lipinski definition) is 0. The summed E-state index contributed by atoms with van der Waals surface area (Å²) in [6.07, 6.45) is 1.79. The molecule has 0 aliphatic rings. The normalized spacial score (nSPS) is 13.5. The highest BCUT2D eigenvalue weighted by atomic mass is 32.2. The van der Waals surface area contributed by atoms with Gasteiger partial charge in [0.15, 0.2) is 9.84 Å². The van der Waals surface area contributed by atoms with E-state index < -0.39 is 26.1 Å². The van der Waals surface area contributed by atoms with E-state index in [0.717, 1.165) is 4.90 Å². The van der Waals surface area contributed by atoms with Crippen LogP contribution in [0.25, 0.3) is 0 Å². The van der Waals surface area contributed by atoms with Crippen molar-refractivity contribution >= 4 is 30.3 Å². The van der Waals surface area contributed by atoms with Crippen molar-refractivity contribution in [3.8, 4) is 0 Å². The van der Waals surface area contributed by atoms with Crippen LogP contribution in [0.15, 0.2) is 65.6 Å². The van der Waals surface area contributed by atoms with Gasteiger partial charge in [0.2, 0.25) is 5.78 Å². The van der Waals surface area contributed by atoms with Crippen LogP contribution < -0.4 is 0 Å². The zero-order valence-corrected chi connectivity index (χ0v) is 14.2. The molecule has 0 aliphatic heterocycles. The Kier molecular flexibility index (Phi) is 5.32. The second-order valence-corrected chi connectivity index (χ2v) is 9.08. The third kappa shape index (κ3) is 3.54. The molecule has 1 atom stereocenters. The van der Waals surface area contributed by atoms with Gasteiger partial charge in [0.25, 0.3) is 0 Å². The van der Waals surface area contributed by atoms with Crippen molar-refractivity contribution in [3.05, 3.63) is 66.2 Å². The second-order valence-electron chi connectivity index (χ2n) is 4.71. The van der Waals surface area contributed by atoms with E-state index in [2.05, 4.69) is 0 Å². The van der Waals surface area contributed by atoms with Crippen molar-refractivity contribution in [2.24, 2.45) is 0 Å². The molecule has 5 heteroatoms. The lowest BCUT2D eigenvalue weighted by atomic mass is 10.1. The maximum Gasteiger partial charge on any atom is 0.210 e. The van der Waals surface area contributed by atoms with Crippen LogP contribution in [-0.4, -0.2) is 30.4 Å². The van der Waals surface area contributed by atoms with E-state index in [4.69, 9.17) is 0 Å². The highest BCUT2D eigenvalue weighted by molar-refractivity contribution is 8.32. The van der Waals surface area contributed by atoms with Crippen molar-refractivity contribution in [1.82, 2.24) is 0 Å². The first-order chi connectivity index (χ1) is 10.5. The Bertz CT molecular complexity index is 792. The zero-order valence-electron chi connectivity index (χ0n) is 12.5. The molecule has 22 heavy (non-hydrogen) atoms. The van der Waals surface area contributed by atoms with Gasteiger partial charge in [-0.3, -0.25) is 4.79 Å². The van der Waals surface area contributed by atoms with Crippen LogP contribution in [0.3, 0.4) is 0 Å². The first kappa shape index (κ1) is 16.6. The van der Waals surface area contributed by atoms with Crippen molar-refractivity contribution in [3.63, 3.8) is 0 Å². The lowest BCUT2D eigenvalue weighted by Crippen LogP contribution is -2.26. The summed E-state index contributed by atoms with van der Waals surface area (Å²) in [7, 11) is -4.37. The number of hydrogen-bond acceptors (Lipinski definition) is 3. The van der Waals surface area contributed by atoms with Gasteiger partial charge < -0.3 is 0 Å². The summed E-state index contributed by atoms with van der Waals surface area (Å²) in [6.45, 7) is 1.57. The second kappa shape index (κ2) is 7.03. The number of ketones is 1. The number of rotatable bonds is 4. The molecule has 2 aromatic carbocycles. The van der Waals surface area contributed by atoms with E-state index in [0.29, 0.717) is 5.56 Å². The molecule has 0 N–H and O–H groups in total. The van der Waals surface area contributed by atoms with Gasteiger partial charge in [0.1, 0.15) is 4.20 Å². The fourth-order valence-corrected chi connectivity index (χ4v) is 6.04. The van der Waals surface area contributed by atoms with Crippen molar-refractivity contribution in [2.75, 3.05) is 12.0 Å². The van der Waals surface area contributed by atoms with E-state index in [-0.39, 0.29) is 9.95 Å². The summed E-state index contributed by atoms with van der Waals surface area (Å²) < 4.78 is 24.9. The van der Waals surface area contributed by atoms with Crippen molar-refractivity contribution < 1.29 is 13.2 Å². The minimum Gasteiger partial charge on any atom is -0.287 e. The van der Waals surface area contributed by atoms with Crippen LogP contribution >= 0.6 is 10.5 Å². The average molecular weight is 334 g/mol. The van der Waals surface area contributed by atoms with E-state index in [1.807, 2.05) is 30.3 Å². The molecule has 0 bridgehead atoms. The molecule has 0 heterocycles. The minimum atomic E-state index is -3.58. The molecular weight excluding hydrogens is 316 g/mol. The molecular formula is C17H18O3S2. The summed E-state index contributed by atoms with van der Waals surface area (Å²) in [5.41, 5.74) is 0.407. The minimum absolute atomic E-state index is 0.00704. The quantitative estimate of drug-likeness (QED) is 0.636. The fraction of sp³-hybridized carbons (Fsp3) is 0.176.